The van der Waals surface area contributed by atoms with Crippen molar-refractivity contribution in [3.63, 3.8) is 0 Å². The van der Waals surface area contributed by atoms with E-state index in [2.05, 4.69) is 11.5 Å². The third kappa shape index (κ3) is 2.84. The lowest BCUT2D eigenvalue weighted by atomic mass is 9.99. The molecule has 2 atom stereocenters. The molecule has 3 heteroatoms. The Morgan fingerprint density at radius 3 is 2.64 bits per heavy atom. The molecule has 1 heterocycles. The van der Waals surface area contributed by atoms with Gasteiger partial charge in [-0.05, 0) is 19.3 Å². The second-order valence-corrected chi connectivity index (χ2v) is 4.39. The zero-order chi connectivity index (χ0) is 10.7. The smallest absolute Gasteiger partial charge is 0.308 e. The molecular formula is C11H19NO2. The maximum Gasteiger partial charge on any atom is 0.308 e. The van der Waals surface area contributed by atoms with Crippen molar-refractivity contribution in [1.29, 1.82) is 0 Å². The van der Waals surface area contributed by atoms with Crippen LogP contribution in [0.4, 0.5) is 0 Å². The Hall–Kier alpha value is -0.830. The van der Waals surface area contributed by atoms with Crippen molar-refractivity contribution >= 4 is 5.97 Å². The van der Waals surface area contributed by atoms with Crippen LogP contribution in [0.15, 0.2) is 12.2 Å². The molecule has 0 aliphatic carbocycles. The first-order valence-electron chi connectivity index (χ1n) is 5.10. The molecule has 0 aromatic carbocycles. The molecule has 0 bridgehead atoms. The van der Waals surface area contributed by atoms with E-state index in [1.165, 1.54) is 0 Å². The lowest BCUT2D eigenvalue weighted by molar-refractivity contribution is -0.142. The van der Waals surface area contributed by atoms with E-state index in [-0.39, 0.29) is 11.8 Å². The number of likely N-dealkylation sites (tertiary alicyclic amines) is 1. The Bertz CT molecular complexity index is 237. The minimum Gasteiger partial charge on any atom is -0.481 e. The molecule has 0 amide bonds. The Morgan fingerprint density at radius 2 is 2.21 bits per heavy atom. The van der Waals surface area contributed by atoms with Gasteiger partial charge >= 0.3 is 5.97 Å². The second kappa shape index (κ2) is 4.60. The van der Waals surface area contributed by atoms with Crippen LogP contribution in [0.1, 0.15) is 20.3 Å². The normalized spacial score (nSPS) is 27.9. The number of hydrogen-bond acceptors (Lipinski definition) is 2. The molecule has 80 valence electrons. The van der Waals surface area contributed by atoms with E-state index in [0.29, 0.717) is 6.54 Å². The number of hydrogen-bond donors (Lipinski definition) is 1. The molecule has 1 saturated heterocycles. The highest BCUT2D eigenvalue weighted by Gasteiger charge is 2.34. The zero-order valence-electron chi connectivity index (χ0n) is 8.99. The number of carboxylic acids is 1. The first-order chi connectivity index (χ1) is 6.50. The van der Waals surface area contributed by atoms with E-state index in [1.807, 2.05) is 13.8 Å². The Kier molecular flexibility index (Phi) is 3.69. The van der Waals surface area contributed by atoms with Gasteiger partial charge in [0.25, 0.3) is 0 Å². The molecule has 3 nitrogen and oxygen atoms in total. The number of carboxylic acid groups (broad SMARTS) is 1. The summed E-state index contributed by atoms with van der Waals surface area (Å²) in [5.74, 6) is -0.562. The predicted octanol–water partition coefficient (Wildman–Crippen LogP) is 1.61. The first-order valence-corrected chi connectivity index (χ1v) is 5.10. The Morgan fingerprint density at radius 1 is 1.57 bits per heavy atom. The van der Waals surface area contributed by atoms with Crippen LogP contribution >= 0.6 is 0 Å². The average Bonchev–Trinajstić information content (AvgIpc) is 2.43. The van der Waals surface area contributed by atoms with Crippen molar-refractivity contribution in [2.24, 2.45) is 11.8 Å². The third-order valence-corrected chi connectivity index (χ3v) is 2.86. The number of rotatable bonds is 4. The monoisotopic (exact) mass is 197 g/mol. The fraction of sp³-hybridized carbons (Fsp3) is 0.727. The van der Waals surface area contributed by atoms with Gasteiger partial charge in [-0.1, -0.05) is 12.5 Å². The molecule has 0 unspecified atom stereocenters. The van der Waals surface area contributed by atoms with Crippen molar-refractivity contribution in [3.8, 4) is 0 Å². The summed E-state index contributed by atoms with van der Waals surface area (Å²) in [7, 11) is 0. The summed E-state index contributed by atoms with van der Waals surface area (Å²) in [6.45, 7) is 10.4. The molecule has 14 heavy (non-hydrogen) atoms. The average molecular weight is 197 g/mol. The Labute approximate surface area is 85.4 Å². The number of nitrogens with zero attached hydrogens (tertiary/aromatic N) is 1. The summed E-state index contributed by atoms with van der Waals surface area (Å²) < 4.78 is 0. The van der Waals surface area contributed by atoms with Crippen molar-refractivity contribution in [1.82, 2.24) is 4.90 Å². The van der Waals surface area contributed by atoms with Gasteiger partial charge in [0, 0.05) is 19.6 Å². The van der Waals surface area contributed by atoms with Gasteiger partial charge in [-0.15, -0.1) is 6.58 Å². The van der Waals surface area contributed by atoms with Gasteiger partial charge < -0.3 is 10.0 Å². The van der Waals surface area contributed by atoms with Gasteiger partial charge in [0.05, 0.1) is 5.92 Å². The van der Waals surface area contributed by atoms with Gasteiger partial charge in [-0.25, -0.2) is 0 Å². The van der Waals surface area contributed by atoms with Crippen LogP contribution in [0.3, 0.4) is 0 Å². The van der Waals surface area contributed by atoms with Crippen molar-refractivity contribution < 1.29 is 9.90 Å². The fourth-order valence-corrected chi connectivity index (χ4v) is 1.92. The van der Waals surface area contributed by atoms with Crippen LogP contribution in [0.5, 0.6) is 0 Å². The van der Waals surface area contributed by atoms with Gasteiger partial charge in [0.2, 0.25) is 0 Å². The minimum atomic E-state index is -0.657. The minimum absolute atomic E-state index is 0.180. The summed E-state index contributed by atoms with van der Waals surface area (Å²) in [4.78, 5) is 13.1. The van der Waals surface area contributed by atoms with E-state index in [1.54, 1.807) is 0 Å². The second-order valence-electron chi connectivity index (χ2n) is 4.39. The molecule has 1 N–H and O–H groups in total. The molecule has 1 aliphatic rings. The van der Waals surface area contributed by atoms with Crippen LogP contribution in [0, 0.1) is 11.8 Å². The van der Waals surface area contributed by atoms with Crippen molar-refractivity contribution in [3.05, 3.63) is 12.2 Å². The molecule has 0 aromatic heterocycles. The standard InChI is InChI=1S/C11H19NO2/c1-8(2)4-5-12-6-9(3)10(7-12)11(13)14/h9-10H,1,4-7H2,2-3H3,(H,13,14)/t9-,10-/m1/s1. The summed E-state index contributed by atoms with van der Waals surface area (Å²) in [5.41, 5.74) is 1.16. The van der Waals surface area contributed by atoms with Crippen LogP contribution in [-0.4, -0.2) is 35.6 Å². The predicted molar refractivity (Wildman–Crippen MR) is 56.2 cm³/mol. The molecule has 0 radical (unpaired) electrons. The van der Waals surface area contributed by atoms with Crippen LogP contribution in [0.2, 0.25) is 0 Å². The quantitative estimate of drug-likeness (QED) is 0.696. The van der Waals surface area contributed by atoms with Gasteiger partial charge in [0.1, 0.15) is 0 Å². The summed E-state index contributed by atoms with van der Waals surface area (Å²) in [6.07, 6.45) is 0.971. The molecule has 0 aromatic rings. The molecular weight excluding hydrogens is 178 g/mol. The molecule has 1 rings (SSSR count). The lowest BCUT2D eigenvalue weighted by Gasteiger charge is -2.14. The van der Waals surface area contributed by atoms with Crippen LogP contribution < -0.4 is 0 Å². The molecule has 0 saturated carbocycles. The van der Waals surface area contributed by atoms with E-state index < -0.39 is 5.97 Å². The SMILES string of the molecule is C=C(C)CCN1C[C@@H](C)[C@H](C(=O)O)C1. The van der Waals surface area contributed by atoms with Gasteiger partial charge in [-0.3, -0.25) is 4.79 Å². The van der Waals surface area contributed by atoms with Crippen LogP contribution in [0.25, 0.3) is 0 Å². The summed E-state index contributed by atoms with van der Waals surface area (Å²) in [5, 5.41) is 8.93. The van der Waals surface area contributed by atoms with E-state index in [4.69, 9.17) is 5.11 Å². The van der Waals surface area contributed by atoms with Crippen molar-refractivity contribution in [2.45, 2.75) is 20.3 Å². The maximum atomic E-state index is 10.9. The lowest BCUT2D eigenvalue weighted by Crippen LogP contribution is -2.24. The molecule has 1 aliphatic heterocycles. The third-order valence-electron chi connectivity index (χ3n) is 2.86. The topological polar surface area (TPSA) is 40.5 Å². The summed E-state index contributed by atoms with van der Waals surface area (Å²) in [6, 6.07) is 0. The van der Waals surface area contributed by atoms with E-state index in [0.717, 1.165) is 25.1 Å². The highest BCUT2D eigenvalue weighted by Crippen LogP contribution is 2.23. The number of carbonyl (C=O) groups is 1. The van der Waals surface area contributed by atoms with Gasteiger partial charge in [-0.2, -0.15) is 0 Å². The largest absolute Gasteiger partial charge is 0.481 e. The van der Waals surface area contributed by atoms with Crippen molar-refractivity contribution in [2.75, 3.05) is 19.6 Å². The van der Waals surface area contributed by atoms with E-state index >= 15 is 0 Å². The fourth-order valence-electron chi connectivity index (χ4n) is 1.92. The van der Waals surface area contributed by atoms with Gasteiger partial charge in [0.15, 0.2) is 0 Å². The maximum absolute atomic E-state index is 10.9. The highest BCUT2D eigenvalue weighted by atomic mass is 16.4. The highest BCUT2D eigenvalue weighted by molar-refractivity contribution is 5.71. The first kappa shape index (κ1) is 11.2. The zero-order valence-corrected chi connectivity index (χ0v) is 8.99. The van der Waals surface area contributed by atoms with E-state index in [9.17, 15) is 4.79 Å². The Balaban J connectivity index is 2.38. The van der Waals surface area contributed by atoms with Crippen LogP contribution in [-0.2, 0) is 4.79 Å². The summed E-state index contributed by atoms with van der Waals surface area (Å²) >= 11 is 0. The number of aliphatic carboxylic acids is 1. The molecule has 0 spiro atoms. The molecule has 1 fully saturated rings.